The Hall–Kier alpha value is -3.42. The van der Waals surface area contributed by atoms with Crippen molar-refractivity contribution in [2.75, 3.05) is 17.8 Å². The Labute approximate surface area is 214 Å². The monoisotopic (exact) mass is 552 g/mol. The molecule has 1 saturated heterocycles. The molecule has 0 saturated carbocycles. The van der Waals surface area contributed by atoms with Crippen LogP contribution in [0.3, 0.4) is 0 Å². The molecule has 1 fully saturated rings. The normalized spacial score (nSPS) is 17.6. The Morgan fingerprint density at radius 1 is 1.16 bits per heavy atom. The molecule has 2 aromatic heterocycles. The highest BCUT2D eigenvalue weighted by Gasteiger charge is 2.44. The van der Waals surface area contributed by atoms with Crippen LogP contribution in [-0.4, -0.2) is 53.7 Å². The summed E-state index contributed by atoms with van der Waals surface area (Å²) in [6.07, 6.45) is -1.29. The third kappa shape index (κ3) is 5.06. The van der Waals surface area contributed by atoms with Crippen molar-refractivity contribution >= 4 is 38.3 Å². The lowest BCUT2D eigenvalue weighted by atomic mass is 10.1. The fourth-order valence-electron chi connectivity index (χ4n) is 3.92. The average Bonchev–Trinajstić information content (AvgIpc) is 3.23. The summed E-state index contributed by atoms with van der Waals surface area (Å²) in [5.74, 6) is -3.92. The van der Waals surface area contributed by atoms with Crippen molar-refractivity contribution in [3.05, 3.63) is 59.0 Å². The van der Waals surface area contributed by atoms with E-state index < -0.39 is 39.3 Å². The Morgan fingerprint density at radius 3 is 2.65 bits per heavy atom. The second-order valence-corrected chi connectivity index (χ2v) is 10.6. The summed E-state index contributed by atoms with van der Waals surface area (Å²) in [7, 11) is -4.26. The first kappa shape index (κ1) is 25.2. The molecule has 194 valence electrons. The van der Waals surface area contributed by atoms with E-state index in [-0.39, 0.29) is 34.5 Å². The molecule has 4 aromatic rings. The van der Waals surface area contributed by atoms with E-state index in [2.05, 4.69) is 30.2 Å². The van der Waals surface area contributed by atoms with Crippen LogP contribution in [0.2, 0.25) is 5.02 Å². The van der Waals surface area contributed by atoms with Crippen LogP contribution in [0.1, 0.15) is 12.1 Å². The predicted molar refractivity (Wildman–Crippen MR) is 131 cm³/mol. The van der Waals surface area contributed by atoms with E-state index in [0.717, 1.165) is 12.1 Å². The fourth-order valence-corrected chi connectivity index (χ4v) is 5.32. The van der Waals surface area contributed by atoms with Gasteiger partial charge in [-0.2, -0.15) is 10.1 Å². The number of anilines is 1. The Bertz CT molecular complexity index is 1580. The molecule has 9 nitrogen and oxygen atoms in total. The van der Waals surface area contributed by atoms with Crippen LogP contribution in [0.4, 0.5) is 18.9 Å². The van der Waals surface area contributed by atoms with Gasteiger partial charge in [-0.05, 0) is 55.9 Å². The molecule has 0 amide bonds. The molecule has 0 radical (unpaired) electrons. The molecular formula is C23H20ClF3N6O3S. The zero-order valence-corrected chi connectivity index (χ0v) is 20.8. The molecule has 1 aliphatic rings. The predicted octanol–water partition coefficient (Wildman–Crippen LogP) is 4.30. The highest BCUT2D eigenvalue weighted by molar-refractivity contribution is 7.92. The number of aromatic nitrogens is 4. The summed E-state index contributed by atoms with van der Waals surface area (Å²) >= 11 is 5.81. The maximum atomic E-state index is 14.4. The zero-order chi connectivity index (χ0) is 26.4. The van der Waals surface area contributed by atoms with Gasteiger partial charge in [-0.3, -0.25) is 9.82 Å². The maximum Gasteiger partial charge on any atom is 0.296 e. The first-order valence-corrected chi connectivity index (χ1v) is 13.0. The molecule has 0 bridgehead atoms. The summed E-state index contributed by atoms with van der Waals surface area (Å²) in [5.41, 5.74) is 1.38. The number of nitrogens with zero attached hydrogens (tertiary/aromatic N) is 3. The van der Waals surface area contributed by atoms with Gasteiger partial charge < -0.3 is 10.1 Å². The van der Waals surface area contributed by atoms with Crippen molar-refractivity contribution in [3.8, 4) is 17.3 Å². The summed E-state index contributed by atoms with van der Waals surface area (Å²) < 4.78 is 76.2. The van der Waals surface area contributed by atoms with Crippen LogP contribution < -0.4 is 14.8 Å². The number of sulfonamides is 1. The number of H-pyrrole nitrogens is 1. The van der Waals surface area contributed by atoms with Crippen molar-refractivity contribution in [2.45, 2.75) is 30.3 Å². The first-order chi connectivity index (χ1) is 17.5. The molecule has 14 heteroatoms. The van der Waals surface area contributed by atoms with Gasteiger partial charge in [-0.1, -0.05) is 11.6 Å². The first-order valence-electron chi connectivity index (χ1n) is 11.1. The number of aryl methyl sites for hydroxylation is 1. The molecule has 3 N–H and O–H groups in total. The number of benzene rings is 2. The van der Waals surface area contributed by atoms with E-state index in [1.165, 1.54) is 30.3 Å². The van der Waals surface area contributed by atoms with Gasteiger partial charge in [0.05, 0.1) is 6.54 Å². The number of nitrogens with one attached hydrogen (secondary N) is 3. The van der Waals surface area contributed by atoms with Crippen LogP contribution in [0.5, 0.6) is 5.88 Å². The van der Waals surface area contributed by atoms with E-state index >= 15 is 0 Å². The molecule has 37 heavy (non-hydrogen) atoms. The van der Waals surface area contributed by atoms with Crippen LogP contribution in [-0.2, 0) is 10.0 Å². The van der Waals surface area contributed by atoms with Crippen molar-refractivity contribution in [3.63, 3.8) is 0 Å². The lowest BCUT2D eigenvalue weighted by molar-refractivity contribution is -0.109. The third-order valence-electron chi connectivity index (χ3n) is 5.81. The highest BCUT2D eigenvalue weighted by atomic mass is 35.5. The number of halogens is 4. The van der Waals surface area contributed by atoms with Gasteiger partial charge in [0.15, 0.2) is 17.6 Å². The molecule has 1 atom stereocenters. The molecule has 5 rings (SSSR count). The lowest BCUT2D eigenvalue weighted by Crippen LogP contribution is -2.52. The largest absolute Gasteiger partial charge is 0.467 e. The minimum absolute atomic E-state index is 0.0287. The van der Waals surface area contributed by atoms with Gasteiger partial charge in [0.2, 0.25) is 5.88 Å². The topological polar surface area (TPSA) is 122 Å². The van der Waals surface area contributed by atoms with Crippen LogP contribution in [0, 0.1) is 12.7 Å². The molecule has 0 spiro atoms. The smallest absolute Gasteiger partial charge is 0.296 e. The van der Waals surface area contributed by atoms with Crippen LogP contribution in [0.15, 0.2) is 47.4 Å². The minimum Gasteiger partial charge on any atom is -0.467 e. The molecule has 2 aromatic carbocycles. The van der Waals surface area contributed by atoms with Crippen LogP contribution >= 0.6 is 11.6 Å². The molecule has 1 unspecified atom stereocenters. The third-order valence-corrected chi connectivity index (χ3v) is 7.44. The fraction of sp³-hybridized carbons (Fsp3) is 0.261. The number of piperidine rings is 1. The maximum absolute atomic E-state index is 14.4. The number of hydrogen-bond acceptors (Lipinski definition) is 7. The zero-order valence-electron chi connectivity index (χ0n) is 19.2. The average molecular weight is 553 g/mol. The number of aromatic amines is 1. The summed E-state index contributed by atoms with van der Waals surface area (Å²) in [6, 6.07) is 9.12. The molecule has 1 aliphatic heterocycles. The Morgan fingerprint density at radius 2 is 1.92 bits per heavy atom. The lowest BCUT2D eigenvalue weighted by Gasteiger charge is -2.31. The van der Waals surface area contributed by atoms with E-state index in [1.807, 2.05) is 0 Å². The van der Waals surface area contributed by atoms with Gasteiger partial charge in [0.1, 0.15) is 16.1 Å². The highest BCUT2D eigenvalue weighted by Crippen LogP contribution is 2.33. The van der Waals surface area contributed by atoms with Crippen molar-refractivity contribution in [1.29, 1.82) is 0 Å². The van der Waals surface area contributed by atoms with Gasteiger partial charge in [-0.25, -0.2) is 26.6 Å². The summed E-state index contributed by atoms with van der Waals surface area (Å²) in [5, 5.41) is 9.99. The van der Waals surface area contributed by atoms with Crippen molar-refractivity contribution in [2.24, 2.45) is 0 Å². The summed E-state index contributed by atoms with van der Waals surface area (Å²) in [4.78, 5) is 8.19. The SMILES string of the molecule is Cc1[nH]nc2nc(-c3ccc(NS(=O)(=O)c4cc(Cl)ccc4F)cc3)nc(OC3CCNCC3(F)F)c12. The van der Waals surface area contributed by atoms with Crippen molar-refractivity contribution < 1.29 is 26.3 Å². The minimum atomic E-state index is -4.26. The number of hydrogen-bond donors (Lipinski definition) is 3. The summed E-state index contributed by atoms with van der Waals surface area (Å²) in [6.45, 7) is 1.58. The number of rotatable bonds is 6. The van der Waals surface area contributed by atoms with Gasteiger partial charge in [0, 0.05) is 28.4 Å². The van der Waals surface area contributed by atoms with Gasteiger partial charge in [-0.15, -0.1) is 0 Å². The van der Waals surface area contributed by atoms with Gasteiger partial charge in [0.25, 0.3) is 15.9 Å². The second-order valence-electron chi connectivity index (χ2n) is 8.49. The Kier molecular flexibility index (Phi) is 6.46. The number of fused-ring (bicyclic) bond motifs is 1. The molecule has 0 aliphatic carbocycles. The van der Waals surface area contributed by atoms with E-state index in [0.29, 0.717) is 23.2 Å². The van der Waals surface area contributed by atoms with E-state index in [1.54, 1.807) is 6.92 Å². The van der Waals surface area contributed by atoms with E-state index in [9.17, 15) is 21.6 Å². The standard InChI is InChI=1S/C23H20ClF3N6O3S/c1-12-19-21(32-31-12)29-20(30-22(19)36-18-8-9-28-11-23(18,26)27)13-2-5-15(6-3-13)33-37(34,35)17-10-14(24)4-7-16(17)25/h2-7,10,18,28,33H,8-9,11H2,1H3,(H,29,30,31,32). The molecule has 3 heterocycles. The quantitative estimate of drug-likeness (QED) is 0.326. The van der Waals surface area contributed by atoms with Crippen molar-refractivity contribution in [1.82, 2.24) is 25.5 Å². The number of ether oxygens (including phenoxy) is 1. The molecular weight excluding hydrogens is 533 g/mol. The second kappa shape index (κ2) is 9.47. The van der Waals surface area contributed by atoms with Gasteiger partial charge >= 0.3 is 0 Å². The van der Waals surface area contributed by atoms with Crippen LogP contribution in [0.25, 0.3) is 22.4 Å². The number of alkyl halides is 2. The van der Waals surface area contributed by atoms with E-state index in [4.69, 9.17) is 16.3 Å². The Balaban J connectivity index is 1.45.